The smallest absolute Gasteiger partial charge is 0.140 e. The number of rotatable bonds is 2. The molecule has 2 nitrogen and oxygen atoms in total. The highest BCUT2D eigenvalue weighted by atomic mass is 16.5. The molecule has 1 fully saturated rings. The molecule has 1 aliphatic heterocycles. The summed E-state index contributed by atoms with van der Waals surface area (Å²) in [4.78, 5) is 11.7. The average molecular weight is 202 g/mol. The van der Waals surface area contributed by atoms with Crippen LogP contribution in [0.3, 0.4) is 0 Å². The van der Waals surface area contributed by atoms with Crippen LogP contribution in [0.25, 0.3) is 0 Å². The Morgan fingerprint density at radius 1 is 1.40 bits per heavy atom. The van der Waals surface area contributed by atoms with Gasteiger partial charge >= 0.3 is 0 Å². The Kier molecular flexibility index (Phi) is 1.70. The molecule has 0 bridgehead atoms. The molecule has 3 rings (SSSR count). The summed E-state index contributed by atoms with van der Waals surface area (Å²) in [5.41, 5.74) is 2.19. The molecular formula is C13H14O2. The Labute approximate surface area is 89.2 Å². The van der Waals surface area contributed by atoms with E-state index in [9.17, 15) is 4.79 Å². The summed E-state index contributed by atoms with van der Waals surface area (Å²) in [5.74, 6) is 1.27. The molecule has 0 N–H and O–H groups in total. The van der Waals surface area contributed by atoms with Crippen molar-refractivity contribution in [3.05, 3.63) is 29.3 Å². The minimum Gasteiger partial charge on any atom is -0.493 e. The van der Waals surface area contributed by atoms with Gasteiger partial charge in [-0.15, -0.1) is 0 Å². The van der Waals surface area contributed by atoms with Crippen molar-refractivity contribution in [2.45, 2.75) is 31.6 Å². The summed E-state index contributed by atoms with van der Waals surface area (Å²) in [6, 6.07) is 6.20. The van der Waals surface area contributed by atoms with Crippen LogP contribution in [0.5, 0.6) is 5.75 Å². The normalized spacial score (nSPS) is 20.6. The number of hydrogen-bond acceptors (Lipinski definition) is 2. The number of ether oxygens (including phenoxy) is 1. The third-order valence-corrected chi connectivity index (χ3v) is 3.65. The standard InChI is InChI=1S/C13H14O2/c1-9(14)13(6-7-13)11-4-2-3-10-5-8-15-12(10)11/h2-4H,5-8H2,1H3. The van der Waals surface area contributed by atoms with Crippen molar-refractivity contribution < 1.29 is 9.53 Å². The number of para-hydroxylation sites is 1. The molecule has 1 heterocycles. The Morgan fingerprint density at radius 3 is 2.87 bits per heavy atom. The number of carbonyl (C=O) groups excluding carboxylic acids is 1. The lowest BCUT2D eigenvalue weighted by Crippen LogP contribution is -2.17. The van der Waals surface area contributed by atoms with E-state index in [0.717, 1.165) is 37.2 Å². The molecule has 1 aliphatic carbocycles. The minimum absolute atomic E-state index is 0.199. The zero-order valence-electron chi connectivity index (χ0n) is 8.88. The number of Topliss-reactive ketones (excluding diaryl/α,β-unsaturated/α-hetero) is 1. The molecule has 0 atom stereocenters. The molecule has 0 amide bonds. The van der Waals surface area contributed by atoms with E-state index in [0.29, 0.717) is 0 Å². The summed E-state index contributed by atoms with van der Waals surface area (Å²) >= 11 is 0. The van der Waals surface area contributed by atoms with Crippen molar-refractivity contribution in [2.24, 2.45) is 0 Å². The van der Waals surface area contributed by atoms with Crippen LogP contribution in [0, 0.1) is 0 Å². The van der Waals surface area contributed by atoms with Gasteiger partial charge in [0.15, 0.2) is 0 Å². The SMILES string of the molecule is CC(=O)C1(c2cccc3c2OCC3)CC1. The Morgan fingerprint density at radius 2 is 2.20 bits per heavy atom. The van der Waals surface area contributed by atoms with Gasteiger partial charge in [0.25, 0.3) is 0 Å². The summed E-state index contributed by atoms with van der Waals surface area (Å²) in [7, 11) is 0. The second-order valence-electron chi connectivity index (χ2n) is 4.53. The average Bonchev–Trinajstić information content (AvgIpc) is 2.89. The number of ketones is 1. The first kappa shape index (κ1) is 8.96. The first-order chi connectivity index (χ1) is 7.24. The first-order valence-corrected chi connectivity index (χ1v) is 5.50. The van der Waals surface area contributed by atoms with Gasteiger partial charge in [-0.05, 0) is 25.3 Å². The van der Waals surface area contributed by atoms with Gasteiger partial charge in [-0.1, -0.05) is 18.2 Å². The van der Waals surface area contributed by atoms with Crippen LogP contribution in [0.2, 0.25) is 0 Å². The molecule has 1 aromatic rings. The lowest BCUT2D eigenvalue weighted by molar-refractivity contribution is -0.119. The molecule has 78 valence electrons. The van der Waals surface area contributed by atoms with Crippen LogP contribution in [0.4, 0.5) is 0 Å². The quantitative estimate of drug-likeness (QED) is 0.735. The van der Waals surface area contributed by atoms with Crippen LogP contribution in [-0.4, -0.2) is 12.4 Å². The van der Waals surface area contributed by atoms with E-state index in [-0.39, 0.29) is 11.2 Å². The fraction of sp³-hybridized carbons (Fsp3) is 0.462. The molecule has 15 heavy (non-hydrogen) atoms. The first-order valence-electron chi connectivity index (χ1n) is 5.50. The van der Waals surface area contributed by atoms with Crippen molar-refractivity contribution in [1.29, 1.82) is 0 Å². The fourth-order valence-corrected chi connectivity index (χ4v) is 2.53. The van der Waals surface area contributed by atoms with Gasteiger partial charge in [-0.3, -0.25) is 4.79 Å². The van der Waals surface area contributed by atoms with Crippen molar-refractivity contribution in [3.63, 3.8) is 0 Å². The molecular weight excluding hydrogens is 188 g/mol. The van der Waals surface area contributed by atoms with E-state index < -0.39 is 0 Å². The second-order valence-corrected chi connectivity index (χ2v) is 4.53. The predicted molar refractivity (Wildman–Crippen MR) is 57.2 cm³/mol. The largest absolute Gasteiger partial charge is 0.493 e. The van der Waals surface area contributed by atoms with Crippen molar-refractivity contribution in [2.75, 3.05) is 6.61 Å². The molecule has 2 heteroatoms. The molecule has 2 aliphatic rings. The third-order valence-electron chi connectivity index (χ3n) is 3.65. The van der Waals surface area contributed by atoms with Crippen molar-refractivity contribution in [3.8, 4) is 5.75 Å². The van der Waals surface area contributed by atoms with Gasteiger partial charge in [0.2, 0.25) is 0 Å². The molecule has 1 saturated carbocycles. The van der Waals surface area contributed by atoms with Gasteiger partial charge in [-0.2, -0.15) is 0 Å². The lowest BCUT2D eigenvalue weighted by Gasteiger charge is -2.15. The molecule has 0 spiro atoms. The molecule has 0 saturated heterocycles. The number of benzene rings is 1. The van der Waals surface area contributed by atoms with Gasteiger partial charge < -0.3 is 4.74 Å². The van der Waals surface area contributed by atoms with Crippen LogP contribution in [0.15, 0.2) is 18.2 Å². The molecule has 0 unspecified atom stereocenters. The number of carbonyl (C=O) groups is 1. The summed E-state index contributed by atoms with van der Waals surface area (Å²) in [5, 5.41) is 0. The Bertz CT molecular complexity index is 430. The maximum Gasteiger partial charge on any atom is 0.140 e. The third kappa shape index (κ3) is 1.14. The van der Waals surface area contributed by atoms with E-state index in [4.69, 9.17) is 4.74 Å². The van der Waals surface area contributed by atoms with Gasteiger partial charge in [-0.25, -0.2) is 0 Å². The van der Waals surface area contributed by atoms with E-state index in [1.54, 1.807) is 6.92 Å². The highest BCUT2D eigenvalue weighted by Crippen LogP contribution is 2.53. The number of hydrogen-bond donors (Lipinski definition) is 0. The Hall–Kier alpha value is -1.31. The highest BCUT2D eigenvalue weighted by Gasteiger charge is 2.50. The summed E-state index contributed by atoms with van der Waals surface area (Å²) in [6.07, 6.45) is 2.96. The van der Waals surface area contributed by atoms with Crippen LogP contribution in [-0.2, 0) is 16.6 Å². The minimum atomic E-state index is -0.199. The fourth-order valence-electron chi connectivity index (χ4n) is 2.53. The second kappa shape index (κ2) is 2.84. The van der Waals surface area contributed by atoms with Crippen LogP contribution >= 0.6 is 0 Å². The van der Waals surface area contributed by atoms with Crippen LogP contribution in [0.1, 0.15) is 30.9 Å². The summed E-state index contributed by atoms with van der Waals surface area (Å²) < 4.78 is 5.65. The van der Waals surface area contributed by atoms with E-state index in [1.165, 1.54) is 5.56 Å². The monoisotopic (exact) mass is 202 g/mol. The van der Waals surface area contributed by atoms with Gasteiger partial charge in [0.1, 0.15) is 11.5 Å². The molecule has 0 aromatic heterocycles. The van der Waals surface area contributed by atoms with Gasteiger partial charge in [0, 0.05) is 12.0 Å². The van der Waals surface area contributed by atoms with Crippen molar-refractivity contribution >= 4 is 5.78 Å². The van der Waals surface area contributed by atoms with E-state index >= 15 is 0 Å². The zero-order valence-corrected chi connectivity index (χ0v) is 8.88. The maximum absolute atomic E-state index is 11.7. The highest BCUT2D eigenvalue weighted by molar-refractivity contribution is 5.92. The maximum atomic E-state index is 11.7. The van der Waals surface area contributed by atoms with Crippen LogP contribution < -0.4 is 4.74 Å². The summed E-state index contributed by atoms with van der Waals surface area (Å²) in [6.45, 7) is 2.46. The lowest BCUT2D eigenvalue weighted by atomic mass is 9.90. The predicted octanol–water partition coefficient (Wildman–Crippen LogP) is 2.24. The number of fused-ring (bicyclic) bond motifs is 1. The zero-order chi connectivity index (χ0) is 10.5. The van der Waals surface area contributed by atoms with Gasteiger partial charge in [0.05, 0.1) is 12.0 Å². The molecule has 0 radical (unpaired) electrons. The Balaban J connectivity index is 2.13. The van der Waals surface area contributed by atoms with Crippen molar-refractivity contribution in [1.82, 2.24) is 0 Å². The molecule has 1 aromatic carbocycles. The van der Waals surface area contributed by atoms with E-state index in [1.807, 2.05) is 6.07 Å². The topological polar surface area (TPSA) is 26.3 Å². The van der Waals surface area contributed by atoms with E-state index in [2.05, 4.69) is 12.1 Å².